The summed E-state index contributed by atoms with van der Waals surface area (Å²) in [6, 6.07) is 9.14. The minimum atomic E-state index is 0.329. The third-order valence-corrected chi connectivity index (χ3v) is 4.45. The first kappa shape index (κ1) is 14.3. The van der Waals surface area contributed by atoms with E-state index in [1.807, 2.05) is 0 Å². The molecule has 1 unspecified atom stereocenters. The van der Waals surface area contributed by atoms with Crippen LogP contribution < -0.4 is 5.32 Å². The Morgan fingerprint density at radius 1 is 1.29 bits per heavy atom. The van der Waals surface area contributed by atoms with Crippen LogP contribution in [0.1, 0.15) is 36.2 Å². The van der Waals surface area contributed by atoms with Gasteiger partial charge < -0.3 is 5.32 Å². The van der Waals surface area contributed by atoms with Gasteiger partial charge in [-0.05, 0) is 25.5 Å². The number of thiazole rings is 1. The van der Waals surface area contributed by atoms with E-state index in [4.69, 9.17) is 4.98 Å². The summed E-state index contributed by atoms with van der Waals surface area (Å²) >= 11 is 1.68. The molecule has 1 aromatic carbocycles. The Hall–Kier alpha value is -1.65. The van der Waals surface area contributed by atoms with Crippen molar-refractivity contribution in [3.8, 4) is 0 Å². The molecule has 21 heavy (non-hydrogen) atoms. The van der Waals surface area contributed by atoms with E-state index < -0.39 is 0 Å². The fourth-order valence-corrected chi connectivity index (χ4v) is 3.23. The van der Waals surface area contributed by atoms with Crippen LogP contribution >= 0.6 is 11.3 Å². The van der Waals surface area contributed by atoms with Gasteiger partial charge in [0.1, 0.15) is 0 Å². The van der Waals surface area contributed by atoms with Gasteiger partial charge in [0.2, 0.25) is 0 Å². The molecule has 1 N–H and O–H groups in total. The maximum absolute atomic E-state index is 4.71. The second-order valence-electron chi connectivity index (χ2n) is 5.45. The number of nitrogens with one attached hydrogen (secondary N) is 1. The van der Waals surface area contributed by atoms with Gasteiger partial charge in [-0.1, -0.05) is 36.8 Å². The Bertz CT molecular complexity index is 668. The van der Waals surface area contributed by atoms with Crippen LogP contribution in [0.3, 0.4) is 0 Å². The lowest BCUT2D eigenvalue weighted by molar-refractivity contribution is 0.525. The van der Waals surface area contributed by atoms with E-state index in [2.05, 4.69) is 65.6 Å². The second kappa shape index (κ2) is 6.41. The van der Waals surface area contributed by atoms with Crippen LogP contribution in [0.2, 0.25) is 0 Å². The largest absolute Gasteiger partial charge is 0.310 e. The van der Waals surface area contributed by atoms with Crippen molar-refractivity contribution in [2.75, 3.05) is 6.54 Å². The zero-order valence-electron chi connectivity index (χ0n) is 12.5. The van der Waals surface area contributed by atoms with Gasteiger partial charge >= 0.3 is 0 Å². The molecule has 0 spiro atoms. The van der Waals surface area contributed by atoms with E-state index in [-0.39, 0.29) is 0 Å². The summed E-state index contributed by atoms with van der Waals surface area (Å²) in [7, 11) is 0. The van der Waals surface area contributed by atoms with Crippen LogP contribution in [0, 0.1) is 6.92 Å². The molecule has 0 saturated heterocycles. The Labute approximate surface area is 129 Å². The average molecular weight is 299 g/mol. The van der Waals surface area contributed by atoms with Gasteiger partial charge in [-0.15, -0.1) is 11.3 Å². The Morgan fingerprint density at radius 3 is 2.81 bits per heavy atom. The quantitative estimate of drug-likeness (QED) is 0.746. The van der Waals surface area contributed by atoms with Gasteiger partial charge in [-0.3, -0.25) is 4.40 Å². The van der Waals surface area contributed by atoms with Crippen LogP contribution in [0.15, 0.2) is 42.0 Å². The molecule has 0 aliphatic carbocycles. The molecule has 3 rings (SSSR count). The maximum atomic E-state index is 4.71. The summed E-state index contributed by atoms with van der Waals surface area (Å²) in [6.45, 7) is 5.36. The molecular formula is C17H21N3S. The van der Waals surface area contributed by atoms with Crippen molar-refractivity contribution in [3.05, 3.63) is 58.9 Å². The monoisotopic (exact) mass is 299 g/mol. The Morgan fingerprint density at radius 2 is 2.10 bits per heavy atom. The topological polar surface area (TPSA) is 29.3 Å². The number of hydrogen-bond acceptors (Lipinski definition) is 3. The fraction of sp³-hybridized carbons (Fsp3) is 0.353. The number of fused-ring (bicyclic) bond motifs is 1. The molecular weight excluding hydrogens is 278 g/mol. The molecule has 3 aromatic rings. The molecule has 0 bridgehead atoms. The minimum Gasteiger partial charge on any atom is -0.310 e. The zero-order chi connectivity index (χ0) is 14.7. The van der Waals surface area contributed by atoms with Gasteiger partial charge in [0, 0.05) is 30.2 Å². The molecule has 2 heterocycles. The van der Waals surface area contributed by atoms with Crippen LogP contribution in [-0.2, 0) is 6.42 Å². The smallest absolute Gasteiger partial charge is 0.193 e. The summed E-state index contributed by atoms with van der Waals surface area (Å²) in [6.07, 6.45) is 6.27. The molecule has 0 aliphatic heterocycles. The summed E-state index contributed by atoms with van der Waals surface area (Å²) in [4.78, 5) is 5.78. The van der Waals surface area contributed by atoms with Crippen molar-refractivity contribution in [1.82, 2.24) is 14.7 Å². The molecule has 0 aliphatic rings. The van der Waals surface area contributed by atoms with E-state index in [1.165, 1.54) is 11.1 Å². The molecule has 110 valence electrons. The van der Waals surface area contributed by atoms with E-state index in [0.29, 0.717) is 6.04 Å². The maximum Gasteiger partial charge on any atom is 0.193 e. The second-order valence-corrected chi connectivity index (χ2v) is 6.32. The normalized spacial score (nSPS) is 12.9. The van der Waals surface area contributed by atoms with Gasteiger partial charge in [0.15, 0.2) is 4.96 Å². The molecule has 3 nitrogen and oxygen atoms in total. The fourth-order valence-electron chi connectivity index (χ4n) is 2.51. The van der Waals surface area contributed by atoms with Gasteiger partial charge in [-0.25, -0.2) is 4.98 Å². The van der Waals surface area contributed by atoms with Crippen molar-refractivity contribution in [3.63, 3.8) is 0 Å². The van der Waals surface area contributed by atoms with Gasteiger partial charge in [-0.2, -0.15) is 0 Å². The van der Waals surface area contributed by atoms with Crippen molar-refractivity contribution in [2.24, 2.45) is 0 Å². The first-order chi connectivity index (χ1) is 10.3. The van der Waals surface area contributed by atoms with Crippen molar-refractivity contribution in [1.29, 1.82) is 0 Å². The Kier molecular flexibility index (Phi) is 4.36. The number of nitrogens with zero attached hydrogens (tertiary/aromatic N) is 2. The van der Waals surface area contributed by atoms with E-state index in [1.54, 1.807) is 11.3 Å². The summed E-state index contributed by atoms with van der Waals surface area (Å²) in [5, 5.41) is 5.71. The highest BCUT2D eigenvalue weighted by Gasteiger charge is 2.14. The third kappa shape index (κ3) is 3.34. The zero-order valence-corrected chi connectivity index (χ0v) is 13.4. The van der Waals surface area contributed by atoms with Crippen molar-refractivity contribution < 1.29 is 0 Å². The van der Waals surface area contributed by atoms with E-state index >= 15 is 0 Å². The predicted octanol–water partition coefficient (Wildman–Crippen LogP) is 3.99. The van der Waals surface area contributed by atoms with Crippen molar-refractivity contribution >= 4 is 16.3 Å². The van der Waals surface area contributed by atoms with Gasteiger partial charge in [0.05, 0.1) is 5.69 Å². The molecule has 0 fully saturated rings. The van der Waals surface area contributed by atoms with Crippen LogP contribution in [0.25, 0.3) is 4.96 Å². The molecule has 2 aromatic heterocycles. The SMILES string of the molecule is CCCNC(Cc1cn2ccsc2n1)c1ccc(C)cc1. The summed E-state index contributed by atoms with van der Waals surface area (Å²) in [5.74, 6) is 0. The number of rotatable bonds is 6. The lowest BCUT2D eigenvalue weighted by Gasteiger charge is -2.18. The van der Waals surface area contributed by atoms with E-state index in [9.17, 15) is 0 Å². The molecule has 4 heteroatoms. The van der Waals surface area contributed by atoms with E-state index in [0.717, 1.165) is 30.0 Å². The predicted molar refractivity (Wildman–Crippen MR) is 89.0 cm³/mol. The first-order valence-corrected chi connectivity index (χ1v) is 8.35. The highest BCUT2D eigenvalue weighted by molar-refractivity contribution is 7.15. The Balaban J connectivity index is 1.81. The number of imidazole rings is 1. The third-order valence-electron chi connectivity index (χ3n) is 3.68. The highest BCUT2D eigenvalue weighted by atomic mass is 32.1. The number of benzene rings is 1. The average Bonchev–Trinajstić information content (AvgIpc) is 3.05. The minimum absolute atomic E-state index is 0.329. The molecule has 0 amide bonds. The van der Waals surface area contributed by atoms with Gasteiger partial charge in [0.25, 0.3) is 0 Å². The number of aryl methyl sites for hydroxylation is 1. The molecule has 1 atom stereocenters. The van der Waals surface area contributed by atoms with Crippen LogP contribution in [0.5, 0.6) is 0 Å². The first-order valence-electron chi connectivity index (χ1n) is 7.47. The van der Waals surface area contributed by atoms with Crippen LogP contribution in [0.4, 0.5) is 0 Å². The lowest BCUT2D eigenvalue weighted by Crippen LogP contribution is -2.24. The highest BCUT2D eigenvalue weighted by Crippen LogP contribution is 2.20. The molecule has 0 saturated carbocycles. The standard InChI is InChI=1S/C17H21N3S/c1-3-8-18-16(14-6-4-13(2)5-7-14)11-15-12-20-9-10-21-17(20)19-15/h4-7,9-10,12,16,18H,3,8,11H2,1-2H3. The summed E-state index contributed by atoms with van der Waals surface area (Å²) in [5.41, 5.74) is 3.79. The van der Waals surface area contributed by atoms with Crippen molar-refractivity contribution in [2.45, 2.75) is 32.7 Å². The lowest BCUT2D eigenvalue weighted by atomic mass is 10.0. The van der Waals surface area contributed by atoms with Crippen LogP contribution in [-0.4, -0.2) is 15.9 Å². The summed E-state index contributed by atoms with van der Waals surface area (Å²) < 4.78 is 2.10. The number of aromatic nitrogens is 2. The number of hydrogen-bond donors (Lipinski definition) is 1. The molecule has 0 radical (unpaired) electrons.